The normalized spacial score (nSPS) is 11.4. The standard InChI is InChI=1S/C18H18ClN3O5S/c1-12-9-14(19)7-8-16(12)22(28(2,26)27)11-17(23)21-20-10-13-5-3-4-6-15(13)18(24)25/h3-10H,11H2,1-2H3,(H,21,23)(H,24,25)/b20-10-. The molecule has 0 aliphatic carbocycles. The van der Waals surface area contributed by atoms with Crippen LogP contribution in [-0.4, -0.2) is 44.4 Å². The number of aromatic carboxylic acids is 1. The minimum absolute atomic E-state index is 0.0232. The molecule has 10 heteroatoms. The SMILES string of the molecule is Cc1cc(Cl)ccc1N(CC(=O)N/N=C\c1ccccc1C(=O)O)S(C)(=O)=O. The van der Waals surface area contributed by atoms with Crippen molar-refractivity contribution in [2.75, 3.05) is 17.1 Å². The minimum atomic E-state index is -3.74. The summed E-state index contributed by atoms with van der Waals surface area (Å²) in [6.45, 7) is 1.18. The molecule has 148 valence electrons. The summed E-state index contributed by atoms with van der Waals surface area (Å²) in [5.41, 5.74) is 3.43. The zero-order valence-corrected chi connectivity index (χ0v) is 16.7. The van der Waals surface area contributed by atoms with Crippen LogP contribution in [0.3, 0.4) is 0 Å². The second-order valence-electron chi connectivity index (χ2n) is 5.89. The van der Waals surface area contributed by atoms with Gasteiger partial charge >= 0.3 is 5.97 Å². The molecule has 0 saturated carbocycles. The molecule has 0 aliphatic rings. The molecule has 0 fully saturated rings. The van der Waals surface area contributed by atoms with Gasteiger partial charge in [0.15, 0.2) is 0 Å². The fourth-order valence-corrected chi connectivity index (χ4v) is 3.56. The Labute approximate surface area is 167 Å². The molecular formula is C18H18ClN3O5S. The van der Waals surface area contributed by atoms with Crippen LogP contribution in [0.2, 0.25) is 5.02 Å². The third-order valence-electron chi connectivity index (χ3n) is 3.70. The van der Waals surface area contributed by atoms with E-state index in [0.29, 0.717) is 21.8 Å². The predicted octanol–water partition coefficient (Wildman–Crippen LogP) is 2.26. The number of carboxylic acids is 1. The Balaban J connectivity index is 2.16. The first-order valence-electron chi connectivity index (χ1n) is 7.97. The van der Waals surface area contributed by atoms with Crippen molar-refractivity contribution in [2.45, 2.75) is 6.92 Å². The van der Waals surface area contributed by atoms with Crippen LogP contribution >= 0.6 is 11.6 Å². The molecule has 0 spiro atoms. The highest BCUT2D eigenvalue weighted by Gasteiger charge is 2.22. The summed E-state index contributed by atoms with van der Waals surface area (Å²) in [5.74, 6) is -1.82. The van der Waals surface area contributed by atoms with Crippen LogP contribution in [-0.2, 0) is 14.8 Å². The first-order chi connectivity index (χ1) is 13.1. The topological polar surface area (TPSA) is 116 Å². The maximum absolute atomic E-state index is 12.2. The molecule has 0 aromatic heterocycles. The van der Waals surface area contributed by atoms with Gasteiger partial charge in [0.2, 0.25) is 10.0 Å². The Morgan fingerprint density at radius 3 is 2.54 bits per heavy atom. The van der Waals surface area contributed by atoms with E-state index in [1.54, 1.807) is 25.1 Å². The summed E-state index contributed by atoms with van der Waals surface area (Å²) < 4.78 is 25.2. The van der Waals surface area contributed by atoms with Gasteiger partial charge in [0.25, 0.3) is 5.91 Å². The second-order valence-corrected chi connectivity index (χ2v) is 8.23. The number of rotatable bonds is 7. The summed E-state index contributed by atoms with van der Waals surface area (Å²) in [6.07, 6.45) is 2.17. The number of carbonyl (C=O) groups excluding carboxylic acids is 1. The molecule has 2 rings (SSSR count). The number of carbonyl (C=O) groups is 2. The number of hydrogen-bond donors (Lipinski definition) is 2. The monoisotopic (exact) mass is 423 g/mol. The number of sulfonamides is 1. The van der Waals surface area contributed by atoms with Crippen molar-refractivity contribution in [3.63, 3.8) is 0 Å². The van der Waals surface area contributed by atoms with Crippen LogP contribution in [0.15, 0.2) is 47.6 Å². The number of halogens is 1. The molecule has 0 atom stereocenters. The van der Waals surface area contributed by atoms with Gasteiger partial charge in [-0.05, 0) is 36.8 Å². The number of aryl methyl sites for hydroxylation is 1. The van der Waals surface area contributed by atoms with Gasteiger partial charge in [0.1, 0.15) is 6.54 Å². The van der Waals surface area contributed by atoms with Crippen molar-refractivity contribution in [1.82, 2.24) is 5.43 Å². The van der Waals surface area contributed by atoms with Gasteiger partial charge in [0, 0.05) is 10.6 Å². The fourth-order valence-electron chi connectivity index (χ4n) is 2.42. The highest BCUT2D eigenvalue weighted by molar-refractivity contribution is 7.92. The number of amides is 1. The number of nitrogens with one attached hydrogen (secondary N) is 1. The van der Waals surface area contributed by atoms with Crippen LogP contribution in [0.25, 0.3) is 0 Å². The van der Waals surface area contributed by atoms with Crippen LogP contribution in [0.1, 0.15) is 21.5 Å². The van der Waals surface area contributed by atoms with E-state index in [1.807, 2.05) is 0 Å². The Kier molecular flexibility index (Phi) is 6.76. The summed E-state index contributed by atoms with van der Waals surface area (Å²) in [7, 11) is -3.74. The van der Waals surface area contributed by atoms with Crippen molar-refractivity contribution in [3.8, 4) is 0 Å². The number of hydrazone groups is 1. The van der Waals surface area contributed by atoms with E-state index >= 15 is 0 Å². The molecule has 1 amide bonds. The number of benzene rings is 2. The number of nitrogens with zero attached hydrogens (tertiary/aromatic N) is 2. The third-order valence-corrected chi connectivity index (χ3v) is 5.06. The smallest absolute Gasteiger partial charge is 0.336 e. The quantitative estimate of drug-likeness (QED) is 0.523. The maximum Gasteiger partial charge on any atom is 0.336 e. The highest BCUT2D eigenvalue weighted by atomic mass is 35.5. The number of carboxylic acid groups (broad SMARTS) is 1. The molecule has 2 aromatic carbocycles. The van der Waals surface area contributed by atoms with Crippen molar-refractivity contribution in [2.24, 2.45) is 5.10 Å². The summed E-state index contributed by atoms with van der Waals surface area (Å²) >= 11 is 5.90. The molecule has 8 nitrogen and oxygen atoms in total. The molecule has 2 N–H and O–H groups in total. The molecule has 28 heavy (non-hydrogen) atoms. The van der Waals surface area contributed by atoms with E-state index in [-0.39, 0.29) is 5.56 Å². The van der Waals surface area contributed by atoms with E-state index < -0.39 is 28.4 Å². The van der Waals surface area contributed by atoms with E-state index in [2.05, 4.69) is 10.5 Å². The van der Waals surface area contributed by atoms with Crippen molar-refractivity contribution in [1.29, 1.82) is 0 Å². The Bertz CT molecular complexity index is 1040. The average Bonchev–Trinajstić information content (AvgIpc) is 2.59. The van der Waals surface area contributed by atoms with E-state index in [9.17, 15) is 18.0 Å². The van der Waals surface area contributed by atoms with Gasteiger partial charge in [-0.2, -0.15) is 5.10 Å². The molecule has 2 aromatic rings. The lowest BCUT2D eigenvalue weighted by Gasteiger charge is -2.23. The molecular weight excluding hydrogens is 406 g/mol. The van der Waals surface area contributed by atoms with E-state index in [1.165, 1.54) is 30.5 Å². The zero-order valence-electron chi connectivity index (χ0n) is 15.1. The van der Waals surface area contributed by atoms with Gasteiger partial charge in [-0.1, -0.05) is 29.8 Å². The molecule has 0 unspecified atom stereocenters. The Morgan fingerprint density at radius 1 is 1.25 bits per heavy atom. The molecule has 0 radical (unpaired) electrons. The predicted molar refractivity (Wildman–Crippen MR) is 108 cm³/mol. The largest absolute Gasteiger partial charge is 0.478 e. The maximum atomic E-state index is 12.2. The van der Waals surface area contributed by atoms with Crippen LogP contribution in [0.5, 0.6) is 0 Å². The zero-order chi connectivity index (χ0) is 20.9. The Morgan fingerprint density at radius 2 is 1.93 bits per heavy atom. The lowest BCUT2D eigenvalue weighted by molar-refractivity contribution is -0.119. The fraction of sp³-hybridized carbons (Fsp3) is 0.167. The molecule has 0 saturated heterocycles. The Hall–Kier alpha value is -2.91. The number of anilines is 1. The third kappa shape index (κ3) is 5.54. The lowest BCUT2D eigenvalue weighted by atomic mass is 10.1. The van der Waals surface area contributed by atoms with Gasteiger partial charge < -0.3 is 5.11 Å². The molecule has 0 aliphatic heterocycles. The highest BCUT2D eigenvalue weighted by Crippen LogP contribution is 2.25. The van der Waals surface area contributed by atoms with E-state index in [4.69, 9.17) is 16.7 Å². The van der Waals surface area contributed by atoms with Crippen LogP contribution in [0.4, 0.5) is 5.69 Å². The van der Waals surface area contributed by atoms with Crippen molar-refractivity contribution in [3.05, 3.63) is 64.2 Å². The molecule has 0 bridgehead atoms. The summed E-state index contributed by atoms with van der Waals surface area (Å²) in [5, 5.41) is 13.3. The number of hydrogen-bond acceptors (Lipinski definition) is 5. The second kappa shape index (κ2) is 8.85. The van der Waals surface area contributed by atoms with Crippen LogP contribution < -0.4 is 9.73 Å². The summed E-state index contributed by atoms with van der Waals surface area (Å²) in [4.78, 5) is 23.3. The molecule has 0 heterocycles. The minimum Gasteiger partial charge on any atom is -0.478 e. The lowest BCUT2D eigenvalue weighted by Crippen LogP contribution is -2.39. The average molecular weight is 424 g/mol. The van der Waals surface area contributed by atoms with Crippen molar-refractivity contribution < 1.29 is 23.1 Å². The van der Waals surface area contributed by atoms with Gasteiger partial charge in [0.05, 0.1) is 23.7 Å². The first kappa shape index (κ1) is 21.4. The van der Waals surface area contributed by atoms with Crippen LogP contribution in [0, 0.1) is 6.92 Å². The van der Waals surface area contributed by atoms with E-state index in [0.717, 1.165) is 10.6 Å². The van der Waals surface area contributed by atoms with Gasteiger partial charge in [-0.25, -0.2) is 18.6 Å². The first-order valence-corrected chi connectivity index (χ1v) is 10.2. The summed E-state index contributed by atoms with van der Waals surface area (Å²) in [6, 6.07) is 10.8. The van der Waals surface area contributed by atoms with Gasteiger partial charge in [-0.3, -0.25) is 9.10 Å². The van der Waals surface area contributed by atoms with Gasteiger partial charge in [-0.15, -0.1) is 0 Å². The van der Waals surface area contributed by atoms with Crippen molar-refractivity contribution >= 4 is 45.4 Å².